The lowest BCUT2D eigenvalue weighted by Crippen LogP contribution is -2.42. The van der Waals surface area contributed by atoms with E-state index < -0.39 is 0 Å². The van der Waals surface area contributed by atoms with Crippen LogP contribution in [-0.2, 0) is 17.8 Å². The molecule has 1 atom stereocenters. The zero-order valence-electron chi connectivity index (χ0n) is 11.3. The normalized spacial score (nSPS) is 17.6. The second kappa shape index (κ2) is 5.42. The van der Waals surface area contributed by atoms with Crippen molar-refractivity contribution in [3.05, 3.63) is 47.5 Å². The number of H-pyrrole nitrogens is 1. The van der Waals surface area contributed by atoms with Gasteiger partial charge in [-0.15, -0.1) is 0 Å². The van der Waals surface area contributed by atoms with Gasteiger partial charge in [-0.25, -0.2) is 4.98 Å². The van der Waals surface area contributed by atoms with Gasteiger partial charge in [0.05, 0.1) is 6.54 Å². The number of carbonyl (C=O) groups is 1. The van der Waals surface area contributed by atoms with Crippen LogP contribution in [0.2, 0.25) is 0 Å². The molecular weight excluding hydrogens is 254 g/mol. The molecule has 0 saturated heterocycles. The summed E-state index contributed by atoms with van der Waals surface area (Å²) in [6.45, 7) is 1.25. The molecule has 0 aliphatic carbocycles. The second-order valence-corrected chi connectivity index (χ2v) is 4.96. The number of hydrogen-bond donors (Lipinski definition) is 2. The van der Waals surface area contributed by atoms with E-state index >= 15 is 0 Å². The molecule has 1 aliphatic heterocycles. The average Bonchev–Trinajstić information content (AvgIpc) is 2.99. The van der Waals surface area contributed by atoms with E-state index in [2.05, 4.69) is 26.6 Å². The highest BCUT2D eigenvalue weighted by Crippen LogP contribution is 2.24. The third kappa shape index (κ3) is 2.42. The van der Waals surface area contributed by atoms with E-state index in [4.69, 9.17) is 0 Å². The Hall–Kier alpha value is -2.21. The van der Waals surface area contributed by atoms with Crippen LogP contribution in [0.15, 0.2) is 30.6 Å². The van der Waals surface area contributed by atoms with Gasteiger partial charge >= 0.3 is 0 Å². The maximum Gasteiger partial charge on any atom is 0.244 e. The Morgan fingerprint density at radius 2 is 2.30 bits per heavy atom. The number of amides is 1. The number of aromatic amines is 1. The highest BCUT2D eigenvalue weighted by molar-refractivity contribution is 5.83. The maximum absolute atomic E-state index is 12.6. The van der Waals surface area contributed by atoms with Crippen molar-refractivity contribution >= 4 is 5.91 Å². The molecule has 2 heterocycles. The van der Waals surface area contributed by atoms with Gasteiger partial charge in [-0.1, -0.05) is 24.3 Å². The molecule has 20 heavy (non-hydrogen) atoms. The summed E-state index contributed by atoms with van der Waals surface area (Å²) in [5.41, 5.74) is 2.32. The van der Waals surface area contributed by atoms with E-state index in [-0.39, 0.29) is 11.9 Å². The van der Waals surface area contributed by atoms with Gasteiger partial charge in [-0.3, -0.25) is 9.89 Å². The zero-order valence-corrected chi connectivity index (χ0v) is 11.3. The topological polar surface area (TPSA) is 73.9 Å². The lowest BCUT2D eigenvalue weighted by Gasteiger charge is -2.29. The lowest BCUT2D eigenvalue weighted by atomic mass is 9.93. The van der Waals surface area contributed by atoms with Crippen molar-refractivity contribution in [2.24, 2.45) is 0 Å². The van der Waals surface area contributed by atoms with Crippen LogP contribution in [0.5, 0.6) is 0 Å². The van der Waals surface area contributed by atoms with Gasteiger partial charge in [0, 0.05) is 13.6 Å². The van der Waals surface area contributed by atoms with E-state index in [9.17, 15) is 4.79 Å². The van der Waals surface area contributed by atoms with Crippen molar-refractivity contribution in [3.8, 4) is 0 Å². The van der Waals surface area contributed by atoms with Gasteiger partial charge in [-0.2, -0.15) is 5.10 Å². The fraction of sp³-hybridized carbons (Fsp3) is 0.357. The molecule has 0 spiro atoms. The predicted molar refractivity (Wildman–Crippen MR) is 73.7 cm³/mol. The minimum absolute atomic E-state index is 0.0496. The smallest absolute Gasteiger partial charge is 0.244 e. The molecule has 6 nitrogen and oxygen atoms in total. The number of hydrogen-bond acceptors (Lipinski definition) is 4. The first-order chi connectivity index (χ1) is 9.75. The van der Waals surface area contributed by atoms with Gasteiger partial charge in [0.1, 0.15) is 18.2 Å². The second-order valence-electron chi connectivity index (χ2n) is 4.96. The maximum atomic E-state index is 12.6. The molecule has 0 fully saturated rings. The molecule has 1 aromatic carbocycles. The Morgan fingerprint density at radius 3 is 3.10 bits per heavy atom. The fourth-order valence-corrected chi connectivity index (χ4v) is 2.55. The van der Waals surface area contributed by atoms with Crippen LogP contribution in [0.25, 0.3) is 0 Å². The molecule has 1 amide bonds. The number of fused-ring (bicyclic) bond motifs is 1. The number of nitrogens with zero attached hydrogens (tertiary/aromatic N) is 3. The van der Waals surface area contributed by atoms with Gasteiger partial charge in [-0.05, 0) is 17.5 Å². The first-order valence-electron chi connectivity index (χ1n) is 6.66. The SMILES string of the molecule is CN(Cc1ncn[nH]1)C(=O)C1NCCc2ccccc21. The van der Waals surface area contributed by atoms with Gasteiger partial charge in [0.15, 0.2) is 0 Å². The molecule has 0 bridgehead atoms. The van der Waals surface area contributed by atoms with Crippen LogP contribution in [0.3, 0.4) is 0 Å². The fourth-order valence-electron chi connectivity index (χ4n) is 2.55. The summed E-state index contributed by atoms with van der Waals surface area (Å²) < 4.78 is 0. The van der Waals surface area contributed by atoms with Crippen LogP contribution in [0, 0.1) is 0 Å². The Labute approximate surface area is 117 Å². The lowest BCUT2D eigenvalue weighted by molar-refractivity contribution is -0.133. The first-order valence-corrected chi connectivity index (χ1v) is 6.66. The number of nitrogens with one attached hydrogen (secondary N) is 2. The molecule has 1 unspecified atom stereocenters. The number of rotatable bonds is 3. The van der Waals surface area contributed by atoms with Gasteiger partial charge in [0.2, 0.25) is 5.91 Å². The van der Waals surface area contributed by atoms with Crippen LogP contribution < -0.4 is 5.32 Å². The van der Waals surface area contributed by atoms with Crippen LogP contribution in [0.1, 0.15) is 23.0 Å². The Balaban J connectivity index is 1.77. The van der Waals surface area contributed by atoms with Crippen molar-refractivity contribution in [1.82, 2.24) is 25.4 Å². The van der Waals surface area contributed by atoms with Gasteiger partial charge in [0.25, 0.3) is 0 Å². The highest BCUT2D eigenvalue weighted by atomic mass is 16.2. The first kappa shape index (κ1) is 12.8. The van der Waals surface area contributed by atoms with Crippen LogP contribution in [-0.4, -0.2) is 39.6 Å². The molecule has 2 N–H and O–H groups in total. The summed E-state index contributed by atoms with van der Waals surface area (Å²) in [6.07, 6.45) is 2.41. The standard InChI is InChI=1S/C14H17N5O/c1-19(8-12-16-9-17-18-12)14(20)13-11-5-3-2-4-10(11)6-7-15-13/h2-5,9,13,15H,6-8H2,1H3,(H,16,17,18). The summed E-state index contributed by atoms with van der Waals surface area (Å²) in [7, 11) is 1.78. The van der Waals surface area contributed by atoms with Crippen molar-refractivity contribution < 1.29 is 4.79 Å². The van der Waals surface area contributed by atoms with E-state index in [0.717, 1.165) is 18.5 Å². The summed E-state index contributed by atoms with van der Waals surface area (Å²) >= 11 is 0. The summed E-state index contributed by atoms with van der Waals surface area (Å²) in [5, 5.41) is 9.86. The molecule has 0 saturated carbocycles. The third-order valence-electron chi connectivity index (χ3n) is 3.58. The molecule has 1 aliphatic rings. The Kier molecular flexibility index (Phi) is 3.47. The quantitative estimate of drug-likeness (QED) is 0.859. The number of carbonyl (C=O) groups excluding carboxylic acids is 1. The molecule has 0 radical (unpaired) electrons. The van der Waals surface area contributed by atoms with Crippen molar-refractivity contribution in [1.29, 1.82) is 0 Å². The van der Waals surface area contributed by atoms with Crippen molar-refractivity contribution in [2.45, 2.75) is 19.0 Å². The molecule has 2 aromatic rings. The summed E-state index contributed by atoms with van der Waals surface area (Å²) in [4.78, 5) is 18.3. The average molecular weight is 271 g/mol. The predicted octanol–water partition coefficient (Wildman–Crippen LogP) is 0.650. The van der Waals surface area contributed by atoms with Crippen LogP contribution >= 0.6 is 0 Å². The van der Waals surface area contributed by atoms with E-state index in [1.165, 1.54) is 11.9 Å². The molecule has 3 rings (SSSR count). The number of aromatic nitrogens is 3. The van der Waals surface area contributed by atoms with Gasteiger partial charge < -0.3 is 10.2 Å². The molecule has 104 valence electrons. The summed E-state index contributed by atoms with van der Waals surface area (Å²) in [6, 6.07) is 7.83. The number of likely N-dealkylation sites (N-methyl/N-ethyl adjacent to an activating group) is 1. The van der Waals surface area contributed by atoms with Crippen molar-refractivity contribution in [2.75, 3.05) is 13.6 Å². The Bertz CT molecular complexity index is 595. The van der Waals surface area contributed by atoms with E-state index in [0.29, 0.717) is 12.4 Å². The van der Waals surface area contributed by atoms with E-state index in [1.54, 1.807) is 11.9 Å². The van der Waals surface area contributed by atoms with Crippen LogP contribution in [0.4, 0.5) is 0 Å². The number of benzene rings is 1. The minimum Gasteiger partial charge on any atom is -0.337 e. The third-order valence-corrected chi connectivity index (χ3v) is 3.58. The summed E-state index contributed by atoms with van der Waals surface area (Å²) in [5.74, 6) is 0.735. The molecular formula is C14H17N5O. The molecule has 6 heteroatoms. The monoisotopic (exact) mass is 271 g/mol. The minimum atomic E-state index is -0.270. The van der Waals surface area contributed by atoms with Crippen molar-refractivity contribution in [3.63, 3.8) is 0 Å². The zero-order chi connectivity index (χ0) is 13.9. The largest absolute Gasteiger partial charge is 0.337 e. The Morgan fingerprint density at radius 1 is 1.45 bits per heavy atom. The van der Waals surface area contributed by atoms with E-state index in [1.807, 2.05) is 18.2 Å². The highest BCUT2D eigenvalue weighted by Gasteiger charge is 2.28. The molecule has 1 aromatic heterocycles.